The molecule has 0 saturated carbocycles. The number of carbonyl (C=O) groups excluding carboxylic acids is 2. The number of nitrogens with one attached hydrogen (secondary N) is 1. The molecule has 33 heavy (non-hydrogen) atoms. The third kappa shape index (κ3) is 4.72. The highest BCUT2D eigenvalue weighted by Crippen LogP contribution is 2.27. The van der Waals surface area contributed by atoms with Gasteiger partial charge in [-0.25, -0.2) is 4.68 Å². The molecule has 0 radical (unpaired) electrons. The van der Waals surface area contributed by atoms with Gasteiger partial charge in [0.05, 0.1) is 17.8 Å². The summed E-state index contributed by atoms with van der Waals surface area (Å²) in [5.41, 5.74) is 4.31. The summed E-state index contributed by atoms with van der Waals surface area (Å²) < 4.78 is 7.39. The Morgan fingerprint density at radius 3 is 2.30 bits per heavy atom. The molecule has 2 aromatic heterocycles. The average Bonchev–Trinajstić information content (AvgIpc) is 3.43. The fourth-order valence-corrected chi connectivity index (χ4v) is 3.67. The van der Waals surface area contributed by atoms with Crippen LogP contribution in [0.15, 0.2) is 71.3 Å². The summed E-state index contributed by atoms with van der Waals surface area (Å²) in [4.78, 5) is 27.5. The molecule has 0 aliphatic heterocycles. The van der Waals surface area contributed by atoms with Crippen LogP contribution in [0.1, 0.15) is 27.2 Å². The lowest BCUT2D eigenvalue weighted by Crippen LogP contribution is -2.35. The van der Waals surface area contributed by atoms with Gasteiger partial charge in [0.2, 0.25) is 5.91 Å². The summed E-state index contributed by atoms with van der Waals surface area (Å²) in [6.07, 6.45) is 1.67. The van der Waals surface area contributed by atoms with E-state index in [-0.39, 0.29) is 18.4 Å². The molecule has 2 aromatic carbocycles. The number of benzene rings is 2. The van der Waals surface area contributed by atoms with E-state index in [9.17, 15) is 9.59 Å². The molecule has 0 saturated heterocycles. The maximum absolute atomic E-state index is 13.4. The van der Waals surface area contributed by atoms with Gasteiger partial charge in [-0.2, -0.15) is 5.10 Å². The number of aryl methyl sites for hydroxylation is 3. The van der Waals surface area contributed by atoms with Crippen LogP contribution >= 0.6 is 0 Å². The van der Waals surface area contributed by atoms with Crippen LogP contribution < -0.4 is 5.32 Å². The molecular formula is C26H26N4O3. The second-order valence-electron chi connectivity index (χ2n) is 8.06. The average molecular weight is 443 g/mol. The lowest BCUT2D eigenvalue weighted by atomic mass is 10.1. The van der Waals surface area contributed by atoms with Crippen molar-refractivity contribution in [3.8, 4) is 17.1 Å². The lowest BCUT2D eigenvalue weighted by Gasteiger charge is -2.18. The summed E-state index contributed by atoms with van der Waals surface area (Å²) in [5, 5.41) is 7.54. The van der Waals surface area contributed by atoms with Gasteiger partial charge in [-0.1, -0.05) is 36.4 Å². The highest BCUT2D eigenvalue weighted by molar-refractivity contribution is 6.02. The number of likely N-dealkylation sites (N-methyl/N-ethyl adjacent to an activating group) is 1. The van der Waals surface area contributed by atoms with E-state index in [1.807, 2.05) is 75.4 Å². The Kier molecular flexibility index (Phi) is 6.13. The van der Waals surface area contributed by atoms with E-state index in [2.05, 4.69) is 10.4 Å². The minimum Gasteiger partial charge on any atom is -0.460 e. The van der Waals surface area contributed by atoms with Crippen molar-refractivity contribution in [3.05, 3.63) is 89.3 Å². The third-order valence-electron chi connectivity index (χ3n) is 5.41. The van der Waals surface area contributed by atoms with Gasteiger partial charge < -0.3 is 14.6 Å². The van der Waals surface area contributed by atoms with E-state index in [1.54, 1.807) is 24.0 Å². The topological polar surface area (TPSA) is 80.4 Å². The van der Waals surface area contributed by atoms with Crippen LogP contribution in [0.3, 0.4) is 0 Å². The van der Waals surface area contributed by atoms with E-state index in [4.69, 9.17) is 4.42 Å². The fraction of sp³-hybridized carbons (Fsp3) is 0.192. The number of hydrogen-bond donors (Lipinski definition) is 1. The van der Waals surface area contributed by atoms with Gasteiger partial charge in [0.15, 0.2) is 5.76 Å². The van der Waals surface area contributed by atoms with Crippen molar-refractivity contribution in [2.45, 2.75) is 20.8 Å². The first-order valence-corrected chi connectivity index (χ1v) is 10.7. The molecule has 0 bridgehead atoms. The Labute approximate surface area is 192 Å². The van der Waals surface area contributed by atoms with Crippen LogP contribution in [-0.2, 0) is 4.79 Å². The zero-order valence-corrected chi connectivity index (χ0v) is 19.1. The van der Waals surface area contributed by atoms with Gasteiger partial charge in [0, 0.05) is 18.9 Å². The van der Waals surface area contributed by atoms with E-state index >= 15 is 0 Å². The zero-order chi connectivity index (χ0) is 23.5. The molecule has 2 amide bonds. The maximum atomic E-state index is 13.4. The molecule has 2 heterocycles. The van der Waals surface area contributed by atoms with Crippen LogP contribution in [0.5, 0.6) is 0 Å². The van der Waals surface area contributed by atoms with E-state index in [0.717, 1.165) is 28.3 Å². The van der Waals surface area contributed by atoms with Gasteiger partial charge in [0.1, 0.15) is 11.5 Å². The number of nitrogens with zero attached hydrogens (tertiary/aromatic N) is 3. The second-order valence-corrected chi connectivity index (χ2v) is 8.06. The highest BCUT2D eigenvalue weighted by atomic mass is 16.3. The van der Waals surface area contributed by atoms with E-state index in [0.29, 0.717) is 17.0 Å². The largest absolute Gasteiger partial charge is 0.460 e. The Bertz CT molecular complexity index is 1280. The highest BCUT2D eigenvalue weighted by Gasteiger charge is 2.24. The van der Waals surface area contributed by atoms with Crippen LogP contribution in [-0.4, -0.2) is 40.1 Å². The van der Waals surface area contributed by atoms with Crippen LogP contribution in [0.25, 0.3) is 17.1 Å². The predicted molar refractivity (Wildman–Crippen MR) is 128 cm³/mol. The number of carbonyl (C=O) groups is 2. The molecule has 0 aliphatic carbocycles. The fourth-order valence-electron chi connectivity index (χ4n) is 3.67. The summed E-state index contributed by atoms with van der Waals surface area (Å²) in [5.74, 6) is 0.630. The molecule has 4 rings (SSSR count). The lowest BCUT2D eigenvalue weighted by molar-refractivity contribution is -0.116. The van der Waals surface area contributed by atoms with Crippen molar-refractivity contribution >= 4 is 17.5 Å². The molecule has 1 N–H and O–H groups in total. The van der Waals surface area contributed by atoms with Crippen LogP contribution in [0.4, 0.5) is 5.69 Å². The summed E-state index contributed by atoms with van der Waals surface area (Å²) in [6.45, 7) is 5.61. The molecule has 168 valence electrons. The smallest absolute Gasteiger partial charge is 0.258 e. The number of hydrogen-bond acceptors (Lipinski definition) is 4. The monoisotopic (exact) mass is 442 g/mol. The van der Waals surface area contributed by atoms with Crippen molar-refractivity contribution in [2.75, 3.05) is 18.9 Å². The summed E-state index contributed by atoms with van der Waals surface area (Å²) in [7, 11) is 1.60. The molecule has 0 atom stereocenters. The first-order chi connectivity index (χ1) is 15.8. The quantitative estimate of drug-likeness (QED) is 0.467. The molecular weight excluding hydrogens is 416 g/mol. The molecule has 0 unspecified atom stereocenters. The number of rotatable bonds is 6. The number of furan rings is 1. The van der Waals surface area contributed by atoms with Gasteiger partial charge in [0.25, 0.3) is 5.91 Å². The minimum atomic E-state index is -0.321. The number of aromatic nitrogens is 2. The van der Waals surface area contributed by atoms with Gasteiger partial charge >= 0.3 is 0 Å². The Balaban J connectivity index is 1.60. The van der Waals surface area contributed by atoms with E-state index < -0.39 is 0 Å². The molecule has 0 aliphatic rings. The number of anilines is 1. The maximum Gasteiger partial charge on any atom is 0.258 e. The van der Waals surface area contributed by atoms with Crippen molar-refractivity contribution in [1.82, 2.24) is 14.7 Å². The number of para-hydroxylation sites is 2. The number of amides is 2. The predicted octanol–water partition coefficient (Wildman–Crippen LogP) is 4.77. The van der Waals surface area contributed by atoms with Crippen molar-refractivity contribution in [2.24, 2.45) is 0 Å². The normalized spacial score (nSPS) is 10.8. The Morgan fingerprint density at radius 1 is 0.970 bits per heavy atom. The van der Waals surface area contributed by atoms with E-state index in [1.165, 1.54) is 4.90 Å². The Morgan fingerprint density at radius 2 is 1.67 bits per heavy atom. The van der Waals surface area contributed by atoms with Crippen molar-refractivity contribution in [3.63, 3.8) is 0 Å². The van der Waals surface area contributed by atoms with Gasteiger partial charge in [-0.3, -0.25) is 9.59 Å². The summed E-state index contributed by atoms with van der Waals surface area (Å²) >= 11 is 0. The van der Waals surface area contributed by atoms with Crippen LogP contribution in [0, 0.1) is 20.8 Å². The molecule has 0 fully saturated rings. The Hall–Kier alpha value is -4.13. The van der Waals surface area contributed by atoms with Crippen LogP contribution in [0.2, 0.25) is 0 Å². The molecule has 7 nitrogen and oxygen atoms in total. The van der Waals surface area contributed by atoms with Gasteiger partial charge in [-0.15, -0.1) is 0 Å². The second kappa shape index (κ2) is 9.16. The standard InChI is InChI=1S/C26H26N4O3/c1-17-9-8-10-18(2)24(17)27-23(31)16-29(4)26(32)21-15-30(20-11-6-5-7-12-20)28-25(21)22-14-13-19(3)33-22/h5-15H,16H2,1-4H3,(H,27,31). The molecule has 4 aromatic rings. The first kappa shape index (κ1) is 22.1. The van der Waals surface area contributed by atoms with Crippen molar-refractivity contribution in [1.29, 1.82) is 0 Å². The molecule has 7 heteroatoms. The third-order valence-corrected chi connectivity index (χ3v) is 5.41. The van der Waals surface area contributed by atoms with Gasteiger partial charge in [-0.05, 0) is 56.2 Å². The minimum absolute atomic E-state index is 0.0975. The zero-order valence-electron chi connectivity index (χ0n) is 19.1. The first-order valence-electron chi connectivity index (χ1n) is 10.7. The SMILES string of the molecule is Cc1ccc(-c2nn(-c3ccccc3)cc2C(=O)N(C)CC(=O)Nc2c(C)cccc2C)o1. The van der Waals surface area contributed by atoms with Crippen molar-refractivity contribution < 1.29 is 14.0 Å². The summed E-state index contributed by atoms with van der Waals surface area (Å²) in [6, 6.07) is 19.0. The molecule has 0 spiro atoms.